The summed E-state index contributed by atoms with van der Waals surface area (Å²) in [6.45, 7) is 10.1. The second-order valence-electron chi connectivity index (χ2n) is 4.34. The Kier molecular flexibility index (Phi) is 3.53. The fourth-order valence-corrected chi connectivity index (χ4v) is 2.29. The fourth-order valence-electron chi connectivity index (χ4n) is 2.29. The molecule has 0 aromatic heterocycles. The predicted molar refractivity (Wildman–Crippen MR) is 53.0 cm³/mol. The van der Waals surface area contributed by atoms with Crippen LogP contribution in [0.2, 0.25) is 0 Å². The highest BCUT2D eigenvalue weighted by Gasteiger charge is 2.27. The summed E-state index contributed by atoms with van der Waals surface area (Å²) in [7, 11) is 0. The summed E-state index contributed by atoms with van der Waals surface area (Å²) in [5.74, 6) is 1.68. The number of hydrogen-bond donors (Lipinski definition) is 1. The molecule has 12 heavy (non-hydrogen) atoms. The molecule has 2 heteroatoms. The molecule has 2 N–H and O–H groups in total. The van der Waals surface area contributed by atoms with Gasteiger partial charge in [0.05, 0.1) is 0 Å². The summed E-state index contributed by atoms with van der Waals surface area (Å²) in [6, 6.07) is 0.727. The third-order valence-electron chi connectivity index (χ3n) is 3.14. The van der Waals surface area contributed by atoms with E-state index in [4.69, 9.17) is 5.73 Å². The lowest BCUT2D eigenvalue weighted by Crippen LogP contribution is -2.47. The van der Waals surface area contributed by atoms with Gasteiger partial charge in [0, 0.05) is 25.7 Å². The van der Waals surface area contributed by atoms with Crippen LogP contribution in [0.3, 0.4) is 0 Å². The highest BCUT2D eigenvalue weighted by molar-refractivity contribution is 4.81. The first-order chi connectivity index (χ1) is 5.65. The number of piperidine rings is 1. The van der Waals surface area contributed by atoms with Crippen LogP contribution in [-0.2, 0) is 0 Å². The molecule has 1 heterocycles. The molecule has 2 nitrogen and oxygen atoms in total. The van der Waals surface area contributed by atoms with Crippen LogP contribution < -0.4 is 5.73 Å². The molecule has 1 aliphatic rings. The van der Waals surface area contributed by atoms with Gasteiger partial charge in [-0.15, -0.1) is 0 Å². The standard InChI is InChI=1S/C10H22N2/c1-8-6-9(2)10(3)12(7-8)5-4-11/h8-10H,4-7,11H2,1-3H3. The molecule has 1 aliphatic heterocycles. The van der Waals surface area contributed by atoms with Gasteiger partial charge in [-0.1, -0.05) is 13.8 Å². The van der Waals surface area contributed by atoms with Crippen molar-refractivity contribution in [1.29, 1.82) is 0 Å². The SMILES string of the molecule is CC1CC(C)C(C)N(CCN)C1. The van der Waals surface area contributed by atoms with E-state index in [1.54, 1.807) is 0 Å². The molecule has 3 atom stereocenters. The van der Waals surface area contributed by atoms with Crippen LogP contribution in [0.4, 0.5) is 0 Å². The van der Waals surface area contributed by atoms with Gasteiger partial charge < -0.3 is 5.73 Å². The Morgan fingerprint density at radius 1 is 1.33 bits per heavy atom. The van der Waals surface area contributed by atoms with Crippen molar-refractivity contribution in [1.82, 2.24) is 4.90 Å². The zero-order valence-corrected chi connectivity index (χ0v) is 8.59. The quantitative estimate of drug-likeness (QED) is 0.677. The van der Waals surface area contributed by atoms with Crippen LogP contribution in [0.15, 0.2) is 0 Å². The first-order valence-corrected chi connectivity index (χ1v) is 5.09. The van der Waals surface area contributed by atoms with Crippen molar-refractivity contribution >= 4 is 0 Å². The number of hydrogen-bond acceptors (Lipinski definition) is 2. The number of rotatable bonds is 2. The van der Waals surface area contributed by atoms with E-state index >= 15 is 0 Å². The molecular weight excluding hydrogens is 148 g/mol. The van der Waals surface area contributed by atoms with E-state index in [0.29, 0.717) is 0 Å². The Morgan fingerprint density at radius 2 is 2.00 bits per heavy atom. The normalized spacial score (nSPS) is 38.5. The summed E-state index contributed by atoms with van der Waals surface area (Å²) in [6.07, 6.45) is 1.38. The largest absolute Gasteiger partial charge is 0.329 e. The molecule has 0 radical (unpaired) electrons. The highest BCUT2D eigenvalue weighted by Crippen LogP contribution is 2.26. The van der Waals surface area contributed by atoms with Crippen LogP contribution in [0.5, 0.6) is 0 Å². The van der Waals surface area contributed by atoms with Crippen molar-refractivity contribution in [2.24, 2.45) is 17.6 Å². The van der Waals surface area contributed by atoms with Crippen molar-refractivity contribution < 1.29 is 0 Å². The Morgan fingerprint density at radius 3 is 2.58 bits per heavy atom. The third kappa shape index (κ3) is 2.20. The van der Waals surface area contributed by atoms with Gasteiger partial charge in [0.25, 0.3) is 0 Å². The maximum absolute atomic E-state index is 5.57. The Balaban J connectivity index is 2.47. The van der Waals surface area contributed by atoms with Crippen LogP contribution >= 0.6 is 0 Å². The monoisotopic (exact) mass is 170 g/mol. The Labute approximate surface area is 76.1 Å². The average molecular weight is 170 g/mol. The second-order valence-corrected chi connectivity index (χ2v) is 4.34. The second kappa shape index (κ2) is 4.24. The van der Waals surface area contributed by atoms with Crippen molar-refractivity contribution in [3.8, 4) is 0 Å². The molecule has 1 rings (SSSR count). The van der Waals surface area contributed by atoms with Crippen molar-refractivity contribution in [3.63, 3.8) is 0 Å². The molecule has 1 fully saturated rings. The first kappa shape index (κ1) is 10.0. The van der Waals surface area contributed by atoms with Gasteiger partial charge in [-0.25, -0.2) is 0 Å². The van der Waals surface area contributed by atoms with Crippen molar-refractivity contribution in [2.45, 2.75) is 33.2 Å². The van der Waals surface area contributed by atoms with Gasteiger partial charge in [-0.05, 0) is 25.2 Å². The van der Waals surface area contributed by atoms with Crippen molar-refractivity contribution in [2.75, 3.05) is 19.6 Å². The average Bonchev–Trinajstić information content (AvgIpc) is 2.00. The topological polar surface area (TPSA) is 29.3 Å². The minimum Gasteiger partial charge on any atom is -0.329 e. The lowest BCUT2D eigenvalue weighted by molar-refractivity contribution is 0.0829. The maximum atomic E-state index is 5.57. The molecular formula is C10H22N2. The van der Waals surface area contributed by atoms with Gasteiger partial charge in [0.15, 0.2) is 0 Å². The van der Waals surface area contributed by atoms with Gasteiger partial charge in [0.1, 0.15) is 0 Å². The number of likely N-dealkylation sites (tertiary alicyclic amines) is 1. The van der Waals surface area contributed by atoms with E-state index in [0.717, 1.165) is 31.0 Å². The summed E-state index contributed by atoms with van der Waals surface area (Å²) in [5.41, 5.74) is 5.57. The Hall–Kier alpha value is -0.0800. The minimum absolute atomic E-state index is 0.727. The van der Waals surface area contributed by atoms with E-state index in [1.807, 2.05) is 0 Å². The van der Waals surface area contributed by atoms with Gasteiger partial charge in [-0.3, -0.25) is 4.90 Å². The van der Waals surface area contributed by atoms with Crippen LogP contribution in [0.25, 0.3) is 0 Å². The first-order valence-electron chi connectivity index (χ1n) is 5.09. The molecule has 1 saturated heterocycles. The fraction of sp³-hybridized carbons (Fsp3) is 1.00. The van der Waals surface area contributed by atoms with E-state index in [1.165, 1.54) is 13.0 Å². The molecule has 0 aliphatic carbocycles. The molecule has 0 saturated carbocycles. The molecule has 0 spiro atoms. The van der Waals surface area contributed by atoms with Crippen LogP contribution in [0, 0.1) is 11.8 Å². The minimum atomic E-state index is 0.727. The number of nitrogens with two attached hydrogens (primary N) is 1. The zero-order chi connectivity index (χ0) is 9.14. The molecule has 0 aromatic rings. The highest BCUT2D eigenvalue weighted by atomic mass is 15.2. The van der Waals surface area contributed by atoms with Crippen LogP contribution in [0.1, 0.15) is 27.2 Å². The zero-order valence-electron chi connectivity index (χ0n) is 8.59. The van der Waals surface area contributed by atoms with Gasteiger partial charge in [0.2, 0.25) is 0 Å². The van der Waals surface area contributed by atoms with E-state index in [9.17, 15) is 0 Å². The number of nitrogens with zero attached hydrogens (tertiary/aromatic N) is 1. The van der Waals surface area contributed by atoms with E-state index in [-0.39, 0.29) is 0 Å². The molecule has 3 unspecified atom stereocenters. The smallest absolute Gasteiger partial charge is 0.0108 e. The summed E-state index contributed by atoms with van der Waals surface area (Å²) < 4.78 is 0. The van der Waals surface area contributed by atoms with Crippen LogP contribution in [-0.4, -0.2) is 30.6 Å². The maximum Gasteiger partial charge on any atom is 0.0108 e. The molecule has 0 bridgehead atoms. The van der Waals surface area contributed by atoms with Gasteiger partial charge >= 0.3 is 0 Å². The predicted octanol–water partition coefficient (Wildman–Crippen LogP) is 1.31. The summed E-state index contributed by atoms with van der Waals surface area (Å²) in [4.78, 5) is 2.53. The van der Waals surface area contributed by atoms with E-state index < -0.39 is 0 Å². The summed E-state index contributed by atoms with van der Waals surface area (Å²) >= 11 is 0. The summed E-state index contributed by atoms with van der Waals surface area (Å²) in [5, 5.41) is 0. The molecule has 0 amide bonds. The third-order valence-corrected chi connectivity index (χ3v) is 3.14. The lowest BCUT2D eigenvalue weighted by atomic mass is 9.86. The lowest BCUT2D eigenvalue weighted by Gasteiger charge is -2.40. The van der Waals surface area contributed by atoms with Gasteiger partial charge in [-0.2, -0.15) is 0 Å². The van der Waals surface area contributed by atoms with E-state index in [2.05, 4.69) is 25.7 Å². The molecule has 0 aromatic carbocycles. The Bertz CT molecular complexity index is 136. The van der Waals surface area contributed by atoms with Crippen molar-refractivity contribution in [3.05, 3.63) is 0 Å². The molecule has 72 valence electrons.